The fraction of sp³-hybridized carbons (Fsp3) is 0.467. The second kappa shape index (κ2) is 13.4. The highest BCUT2D eigenvalue weighted by molar-refractivity contribution is 7.90. The van der Waals surface area contributed by atoms with Gasteiger partial charge in [-0.05, 0) is 49.8 Å². The Balaban J connectivity index is 1.91. The van der Waals surface area contributed by atoms with Gasteiger partial charge in [0, 0.05) is 6.54 Å². The summed E-state index contributed by atoms with van der Waals surface area (Å²) in [7, 11) is -4.26. The van der Waals surface area contributed by atoms with Gasteiger partial charge < -0.3 is 15.3 Å². The Morgan fingerprint density at radius 1 is 1.07 bits per heavy atom. The first-order valence-corrected chi connectivity index (χ1v) is 15.5. The number of urea groups is 1. The van der Waals surface area contributed by atoms with E-state index in [0.29, 0.717) is 12.8 Å². The Kier molecular flexibility index (Phi) is 10.4. The molecule has 0 aromatic heterocycles. The number of carboxylic acid groups (broad SMARTS) is 1. The zero-order chi connectivity index (χ0) is 31.2. The average molecular weight is 601 g/mol. The minimum absolute atomic E-state index is 0.0304. The Morgan fingerprint density at radius 3 is 2.26 bits per heavy atom. The summed E-state index contributed by atoms with van der Waals surface area (Å²) in [5, 5.41) is 13.0. The van der Waals surface area contributed by atoms with Crippen LogP contribution in [0.15, 0.2) is 59.5 Å². The van der Waals surface area contributed by atoms with E-state index in [1.807, 2.05) is 31.6 Å². The molecule has 1 fully saturated rings. The molecule has 12 heteroatoms. The first kappa shape index (κ1) is 32.6. The second-order valence-electron chi connectivity index (χ2n) is 11.5. The van der Waals surface area contributed by atoms with E-state index in [-0.39, 0.29) is 24.3 Å². The molecule has 0 spiro atoms. The molecule has 0 saturated carbocycles. The molecule has 2 aromatic carbocycles. The Labute approximate surface area is 247 Å². The number of nitrogens with one attached hydrogen (secondary N) is 2. The lowest BCUT2D eigenvalue weighted by atomic mass is 9.91. The van der Waals surface area contributed by atoms with Crippen molar-refractivity contribution in [3.05, 3.63) is 65.7 Å². The molecule has 1 saturated heterocycles. The number of ketones is 1. The summed E-state index contributed by atoms with van der Waals surface area (Å²) in [5.74, 6) is -1.88. The van der Waals surface area contributed by atoms with Crippen LogP contribution in [0.3, 0.4) is 0 Å². The zero-order valence-electron chi connectivity index (χ0n) is 24.7. The third kappa shape index (κ3) is 7.87. The normalized spacial score (nSPS) is 17.6. The van der Waals surface area contributed by atoms with Gasteiger partial charge in [0.25, 0.3) is 15.9 Å². The lowest BCUT2D eigenvalue weighted by Gasteiger charge is -2.37. The van der Waals surface area contributed by atoms with Crippen molar-refractivity contribution in [1.82, 2.24) is 19.8 Å². The molecule has 2 aromatic rings. The maximum absolute atomic E-state index is 13.6. The van der Waals surface area contributed by atoms with Gasteiger partial charge in [0.1, 0.15) is 12.2 Å². The number of rotatable bonds is 11. The maximum atomic E-state index is 13.6. The average Bonchev–Trinajstić information content (AvgIpc) is 3.25. The molecule has 2 unspecified atom stereocenters. The number of carbonyl (C=O) groups is 4. The van der Waals surface area contributed by atoms with Crippen LogP contribution in [0.5, 0.6) is 0 Å². The molecule has 228 valence electrons. The molecule has 0 radical (unpaired) electrons. The van der Waals surface area contributed by atoms with Crippen molar-refractivity contribution in [1.29, 1.82) is 0 Å². The number of Topliss-reactive ketones (excluding diaryl/α,β-unsaturated/α-hetero) is 1. The van der Waals surface area contributed by atoms with E-state index in [2.05, 4.69) is 5.32 Å². The summed E-state index contributed by atoms with van der Waals surface area (Å²) in [4.78, 5) is 54.7. The largest absolute Gasteiger partial charge is 0.465 e. The van der Waals surface area contributed by atoms with Gasteiger partial charge in [0.05, 0.1) is 10.9 Å². The Morgan fingerprint density at radius 2 is 1.69 bits per heavy atom. The molecular weight excluding hydrogens is 560 g/mol. The molecule has 1 aliphatic heterocycles. The molecular formula is C30H40N4O7S. The summed E-state index contributed by atoms with van der Waals surface area (Å²) in [6.07, 6.45) is -1.40. The van der Waals surface area contributed by atoms with Crippen LogP contribution in [-0.2, 0) is 19.6 Å². The molecule has 1 heterocycles. The number of hydrogen-bond donors (Lipinski definition) is 3. The van der Waals surface area contributed by atoms with Crippen LogP contribution in [0.4, 0.5) is 9.59 Å². The third-order valence-electron chi connectivity index (χ3n) is 7.39. The van der Waals surface area contributed by atoms with E-state index in [1.54, 1.807) is 50.2 Å². The van der Waals surface area contributed by atoms with Crippen LogP contribution in [-0.4, -0.2) is 65.9 Å². The van der Waals surface area contributed by atoms with Gasteiger partial charge in [-0.1, -0.05) is 81.6 Å². The zero-order valence-corrected chi connectivity index (χ0v) is 25.5. The number of hydrogen-bond acceptors (Lipinski definition) is 6. The van der Waals surface area contributed by atoms with Crippen molar-refractivity contribution in [2.24, 2.45) is 5.41 Å². The van der Waals surface area contributed by atoms with Crippen molar-refractivity contribution in [3.63, 3.8) is 0 Å². The Hall–Kier alpha value is -3.93. The predicted octanol–water partition coefficient (Wildman–Crippen LogP) is 4.44. The standard InChI is InChI=1S/C30H40N4O7S/c1-6-7-13-24(26(35)27(36)31-21(3)22-11-9-8-10-12-22)34(29(38)39)25-18-30(4,5)19-33(25)28(37)32-42(40,41)23-16-14-20(2)15-17-23/h8-12,14-17,21,24-25H,6-7,13,18-19H2,1-5H3,(H,31,36)(H,32,37)(H,38,39)/t21?,24-,25?/m0/s1. The van der Waals surface area contributed by atoms with Crippen molar-refractivity contribution < 1.29 is 32.7 Å². The fourth-order valence-electron chi connectivity index (χ4n) is 5.15. The number of unbranched alkanes of at least 4 members (excludes halogenated alkanes) is 1. The van der Waals surface area contributed by atoms with Gasteiger partial charge in [-0.15, -0.1) is 0 Å². The van der Waals surface area contributed by atoms with Crippen molar-refractivity contribution >= 4 is 33.8 Å². The highest BCUT2D eigenvalue weighted by atomic mass is 32.2. The summed E-state index contributed by atoms with van der Waals surface area (Å²) >= 11 is 0. The molecule has 3 N–H and O–H groups in total. The van der Waals surface area contributed by atoms with Crippen LogP contribution in [0.25, 0.3) is 0 Å². The quantitative estimate of drug-likeness (QED) is 0.322. The minimum atomic E-state index is -4.26. The smallest absolute Gasteiger partial charge is 0.409 e. The first-order chi connectivity index (χ1) is 19.7. The number of aryl methyl sites for hydroxylation is 1. The van der Waals surface area contributed by atoms with E-state index < -0.39 is 57.5 Å². The monoisotopic (exact) mass is 600 g/mol. The van der Waals surface area contributed by atoms with Crippen LogP contribution < -0.4 is 10.0 Å². The summed E-state index contributed by atoms with van der Waals surface area (Å²) < 4.78 is 28.0. The number of benzene rings is 2. The van der Waals surface area contributed by atoms with Gasteiger partial charge in [0.2, 0.25) is 5.78 Å². The van der Waals surface area contributed by atoms with E-state index in [0.717, 1.165) is 20.9 Å². The van der Waals surface area contributed by atoms with Gasteiger partial charge in [-0.3, -0.25) is 14.5 Å². The lowest BCUT2D eigenvalue weighted by Crippen LogP contribution is -2.59. The van der Waals surface area contributed by atoms with Gasteiger partial charge >= 0.3 is 12.1 Å². The predicted molar refractivity (Wildman–Crippen MR) is 157 cm³/mol. The van der Waals surface area contributed by atoms with Crippen LogP contribution in [0.2, 0.25) is 0 Å². The molecule has 3 rings (SSSR count). The molecule has 11 nitrogen and oxygen atoms in total. The molecule has 4 amide bonds. The highest BCUT2D eigenvalue weighted by Gasteiger charge is 2.49. The van der Waals surface area contributed by atoms with Crippen LogP contribution in [0, 0.1) is 12.3 Å². The molecule has 0 aliphatic carbocycles. The number of carbonyl (C=O) groups excluding carboxylic acids is 3. The highest BCUT2D eigenvalue weighted by Crippen LogP contribution is 2.37. The first-order valence-electron chi connectivity index (χ1n) is 14.0. The van der Waals surface area contributed by atoms with Gasteiger partial charge in [-0.2, -0.15) is 0 Å². The van der Waals surface area contributed by atoms with Crippen molar-refractivity contribution in [3.8, 4) is 0 Å². The second-order valence-corrected chi connectivity index (χ2v) is 13.2. The van der Waals surface area contributed by atoms with Crippen LogP contribution in [0.1, 0.15) is 70.5 Å². The lowest BCUT2D eigenvalue weighted by molar-refractivity contribution is -0.142. The van der Waals surface area contributed by atoms with Crippen LogP contribution >= 0.6 is 0 Å². The molecule has 0 bridgehead atoms. The van der Waals surface area contributed by atoms with E-state index in [4.69, 9.17) is 0 Å². The minimum Gasteiger partial charge on any atom is -0.465 e. The molecule has 3 atom stereocenters. The van der Waals surface area contributed by atoms with Gasteiger partial charge in [-0.25, -0.2) is 22.7 Å². The molecule has 42 heavy (non-hydrogen) atoms. The summed E-state index contributed by atoms with van der Waals surface area (Å²) in [6.45, 7) is 9.06. The SMILES string of the molecule is CCCC[C@@H](C(=O)C(=O)NC(C)c1ccccc1)N(C(=O)O)C1CC(C)(C)CN1C(=O)NS(=O)(=O)c1ccc(C)cc1. The van der Waals surface area contributed by atoms with E-state index >= 15 is 0 Å². The number of sulfonamides is 1. The number of nitrogens with zero attached hydrogens (tertiary/aromatic N) is 2. The fourth-order valence-corrected chi connectivity index (χ4v) is 6.11. The molecule has 1 aliphatic rings. The summed E-state index contributed by atoms with van der Waals surface area (Å²) in [5.41, 5.74) is 1.00. The Bertz CT molecular complexity index is 1390. The third-order valence-corrected chi connectivity index (χ3v) is 8.73. The van der Waals surface area contributed by atoms with Crippen molar-refractivity contribution in [2.75, 3.05) is 6.54 Å². The summed E-state index contributed by atoms with van der Waals surface area (Å²) in [6, 6.07) is 12.1. The number of likely N-dealkylation sites (tertiary alicyclic amines) is 1. The van der Waals surface area contributed by atoms with Crippen molar-refractivity contribution in [2.45, 2.75) is 83.4 Å². The topological polar surface area (TPSA) is 153 Å². The van der Waals surface area contributed by atoms with Gasteiger partial charge in [0.15, 0.2) is 0 Å². The number of amides is 4. The van der Waals surface area contributed by atoms with E-state index in [1.165, 1.54) is 12.1 Å². The maximum Gasteiger partial charge on any atom is 0.409 e. The van der Waals surface area contributed by atoms with E-state index in [9.17, 15) is 32.7 Å².